The van der Waals surface area contributed by atoms with Crippen molar-refractivity contribution in [3.05, 3.63) is 128 Å². The number of hydrogen-bond acceptors (Lipinski definition) is 0. The predicted molar refractivity (Wildman–Crippen MR) is 186 cm³/mol. The van der Waals surface area contributed by atoms with E-state index in [4.69, 9.17) is 17.0 Å². The maximum atomic E-state index is 8.52. The molecule has 0 radical (unpaired) electrons. The monoisotopic (exact) mass is 685 g/mol. The number of rotatable bonds is 5. The van der Waals surface area contributed by atoms with Gasteiger partial charge in [-0.15, -0.1) is 0 Å². The van der Waals surface area contributed by atoms with Crippen LogP contribution in [0.25, 0.3) is 34.4 Å². The Labute approximate surface area is 261 Å². The summed E-state index contributed by atoms with van der Waals surface area (Å²) in [4.78, 5) is 0. The molecule has 2 unspecified atom stereocenters. The summed E-state index contributed by atoms with van der Waals surface area (Å²) in [5.74, 6) is -1.59. The fourth-order valence-corrected chi connectivity index (χ4v) is 40.9. The van der Waals surface area contributed by atoms with Crippen LogP contribution in [-0.4, -0.2) is 5.92 Å². The van der Waals surface area contributed by atoms with Crippen molar-refractivity contribution < 1.29 is 15.6 Å². The molecule has 6 rings (SSSR count). The molecular formula is C38H41Cl2SiZr. The summed E-state index contributed by atoms with van der Waals surface area (Å²) in [7, 11) is 17.0. The molecule has 0 fully saturated rings. The van der Waals surface area contributed by atoms with E-state index in [2.05, 4.69) is 140 Å². The second-order valence-corrected chi connectivity index (χ2v) is 55.7. The molecule has 0 aromatic heterocycles. The molecule has 0 aliphatic heterocycles. The third-order valence-electron chi connectivity index (χ3n) is 10.4. The predicted octanol–water partition coefficient (Wildman–Crippen LogP) is 11.9. The first-order valence-corrected chi connectivity index (χ1v) is 31.5. The average molecular weight is 688 g/mol. The van der Waals surface area contributed by atoms with Gasteiger partial charge in [0.2, 0.25) is 0 Å². The van der Waals surface area contributed by atoms with Crippen LogP contribution in [0.1, 0.15) is 65.6 Å². The van der Waals surface area contributed by atoms with Crippen LogP contribution in [0.15, 0.2) is 83.9 Å². The molecule has 2 aliphatic rings. The number of benzene rings is 4. The molecule has 42 heavy (non-hydrogen) atoms. The Kier molecular flexibility index (Phi) is 7.58. The van der Waals surface area contributed by atoms with Gasteiger partial charge in [-0.25, -0.2) is 0 Å². The summed E-state index contributed by atoms with van der Waals surface area (Å²) in [6.07, 6.45) is 4.85. The average Bonchev–Trinajstić information content (AvgIpc) is 3.46. The van der Waals surface area contributed by atoms with Gasteiger partial charge in [0.15, 0.2) is 0 Å². The van der Waals surface area contributed by atoms with Crippen LogP contribution in [-0.2, 0) is 15.6 Å². The molecule has 2 atom stereocenters. The van der Waals surface area contributed by atoms with Crippen molar-refractivity contribution in [2.24, 2.45) is 0 Å². The molecule has 4 aromatic rings. The fourth-order valence-electron chi connectivity index (χ4n) is 8.08. The zero-order valence-electron chi connectivity index (χ0n) is 26.1. The van der Waals surface area contributed by atoms with Crippen molar-refractivity contribution in [2.45, 2.75) is 61.9 Å². The van der Waals surface area contributed by atoms with E-state index in [-0.39, 0.29) is 7.25 Å². The molecule has 0 N–H and O–H groups in total. The first-order chi connectivity index (χ1) is 19.9. The van der Waals surface area contributed by atoms with Crippen LogP contribution in [0.4, 0.5) is 0 Å². The number of halogens is 2. The molecule has 0 amide bonds. The SMILES string of the molecule is CC1=Cc2c(cc(C)c(C)c2-c2ccccc2)[CH]1[Zr]([Cl])([Cl])([CH]1C(C)=Cc2c1cc(C)c(C)c2-c1ccccc1)[SiH](C)C. The fraction of sp³-hybridized carbons (Fsp3) is 0.263. The van der Waals surface area contributed by atoms with Crippen LogP contribution in [0.5, 0.6) is 0 Å². The number of fused-ring (bicyclic) bond motifs is 2. The minimum atomic E-state index is -4.75. The van der Waals surface area contributed by atoms with Gasteiger partial charge in [-0.3, -0.25) is 0 Å². The first-order valence-electron chi connectivity index (χ1n) is 15.2. The molecule has 215 valence electrons. The van der Waals surface area contributed by atoms with Gasteiger partial charge in [-0.2, -0.15) is 0 Å². The molecule has 0 bridgehead atoms. The van der Waals surface area contributed by atoms with E-state index in [1.165, 1.54) is 77.9 Å². The summed E-state index contributed by atoms with van der Waals surface area (Å²) in [6, 6.07) is 26.5. The normalized spacial score (nSPS) is 18.8. The maximum absolute atomic E-state index is 8.52. The van der Waals surface area contributed by atoms with Crippen molar-refractivity contribution in [1.29, 1.82) is 0 Å². The minimum absolute atomic E-state index is 0.0966. The van der Waals surface area contributed by atoms with Crippen molar-refractivity contribution in [1.82, 2.24) is 0 Å². The molecule has 4 aromatic carbocycles. The molecule has 2 aliphatic carbocycles. The van der Waals surface area contributed by atoms with Gasteiger partial charge in [0.25, 0.3) is 0 Å². The van der Waals surface area contributed by atoms with Crippen LogP contribution in [0.3, 0.4) is 0 Å². The van der Waals surface area contributed by atoms with Gasteiger partial charge in [-0.1, -0.05) is 0 Å². The van der Waals surface area contributed by atoms with E-state index in [1.807, 2.05) is 0 Å². The molecule has 0 saturated carbocycles. The second kappa shape index (κ2) is 10.6. The Morgan fingerprint density at radius 1 is 0.571 bits per heavy atom. The Hall–Kier alpha value is -1.96. The molecule has 0 heterocycles. The summed E-state index contributed by atoms with van der Waals surface area (Å²) in [5, 5.41) is 0. The Bertz CT molecular complexity index is 1670. The summed E-state index contributed by atoms with van der Waals surface area (Å²) in [6.45, 7) is 18.5. The molecular weight excluding hydrogens is 647 g/mol. The summed E-state index contributed by atoms with van der Waals surface area (Å²) >= 11 is -4.75. The number of hydrogen-bond donors (Lipinski definition) is 0. The van der Waals surface area contributed by atoms with Crippen molar-refractivity contribution in [3.63, 3.8) is 0 Å². The van der Waals surface area contributed by atoms with E-state index in [0.717, 1.165) is 0 Å². The van der Waals surface area contributed by atoms with Crippen LogP contribution >= 0.6 is 17.0 Å². The number of aryl methyl sites for hydroxylation is 2. The van der Waals surface area contributed by atoms with Gasteiger partial charge < -0.3 is 0 Å². The van der Waals surface area contributed by atoms with Gasteiger partial charge in [0.05, 0.1) is 0 Å². The molecule has 4 heteroatoms. The Morgan fingerprint density at radius 2 is 0.929 bits per heavy atom. The van der Waals surface area contributed by atoms with Crippen LogP contribution < -0.4 is 0 Å². The third kappa shape index (κ3) is 4.31. The topological polar surface area (TPSA) is 0 Å². The van der Waals surface area contributed by atoms with Crippen LogP contribution in [0, 0.1) is 27.7 Å². The second-order valence-electron chi connectivity index (χ2n) is 13.1. The van der Waals surface area contributed by atoms with E-state index in [1.54, 1.807) is 0 Å². The summed E-state index contributed by atoms with van der Waals surface area (Å²) in [5.41, 5.74) is 18.6. The number of allylic oxidation sites excluding steroid dienone is 2. The van der Waals surface area contributed by atoms with E-state index in [9.17, 15) is 0 Å². The van der Waals surface area contributed by atoms with E-state index >= 15 is 0 Å². The van der Waals surface area contributed by atoms with Gasteiger partial charge >= 0.3 is 263 Å². The standard InChI is InChI=1S/2C18H17.C2H7Si.2ClH.Zr/c2*1-12-9-16-11-13(2)14(3)18(17(16)10-12)15-7-5-4-6-8-15;1-3-2;;;/h2*4-11H,1-3H3;3H,1-2H3;2*1H;/q;;;;;+2/p-2. The van der Waals surface area contributed by atoms with Crippen molar-refractivity contribution in [3.8, 4) is 22.3 Å². The van der Waals surface area contributed by atoms with Gasteiger partial charge in [0.1, 0.15) is 0 Å². The van der Waals surface area contributed by atoms with Crippen molar-refractivity contribution >= 4 is 35.1 Å². The third-order valence-corrected chi connectivity index (χ3v) is 62.7. The van der Waals surface area contributed by atoms with E-state index < -0.39 is 21.5 Å². The Balaban J connectivity index is 1.63. The van der Waals surface area contributed by atoms with Gasteiger partial charge in [-0.05, 0) is 0 Å². The quantitative estimate of drug-likeness (QED) is 0.183. The summed E-state index contributed by atoms with van der Waals surface area (Å²) < 4.78 is 0.193. The van der Waals surface area contributed by atoms with Crippen LogP contribution in [0.2, 0.25) is 13.1 Å². The van der Waals surface area contributed by atoms with E-state index in [0.29, 0.717) is 0 Å². The molecule has 0 saturated heterocycles. The zero-order chi connectivity index (χ0) is 30.2. The molecule has 0 nitrogen and oxygen atoms in total. The van der Waals surface area contributed by atoms with Crippen molar-refractivity contribution in [2.75, 3.05) is 0 Å². The van der Waals surface area contributed by atoms with Gasteiger partial charge in [0, 0.05) is 0 Å². The zero-order valence-corrected chi connectivity index (χ0v) is 31.2. The Morgan fingerprint density at radius 3 is 1.26 bits per heavy atom. The first kappa shape index (κ1) is 30.1. The molecule has 0 spiro atoms.